The number of hydrogen-bond acceptors (Lipinski definition) is 9. The van der Waals surface area contributed by atoms with Crippen LogP contribution in [0.15, 0.2) is 41.3 Å². The molecule has 0 atom stereocenters. The van der Waals surface area contributed by atoms with Crippen LogP contribution in [-0.4, -0.2) is 38.8 Å². The Kier molecular flexibility index (Phi) is 6.13. The molecule has 0 fully saturated rings. The number of thioether (sulfide) groups is 1. The van der Waals surface area contributed by atoms with Crippen molar-refractivity contribution in [2.24, 2.45) is 0 Å². The molecular weight excluding hydrogens is 370 g/mol. The number of pyridine rings is 1. The van der Waals surface area contributed by atoms with Gasteiger partial charge in [0.15, 0.2) is 5.16 Å². The highest BCUT2D eigenvalue weighted by Crippen LogP contribution is 2.24. The number of thiazole rings is 1. The molecule has 3 rings (SSSR count). The first-order valence-electron chi connectivity index (χ1n) is 7.88. The van der Waals surface area contributed by atoms with Gasteiger partial charge in [0.25, 0.3) is 0 Å². The zero-order valence-corrected chi connectivity index (χ0v) is 15.9. The van der Waals surface area contributed by atoms with E-state index >= 15 is 0 Å². The van der Waals surface area contributed by atoms with Crippen LogP contribution in [0.2, 0.25) is 0 Å². The van der Waals surface area contributed by atoms with E-state index in [9.17, 15) is 4.79 Å². The molecule has 134 valence electrons. The van der Waals surface area contributed by atoms with E-state index in [1.165, 1.54) is 18.0 Å². The highest BCUT2D eigenvalue weighted by molar-refractivity contribution is 7.98. The number of nitrogens with zero attached hydrogens (tertiary/aromatic N) is 4. The molecule has 0 amide bonds. The fourth-order valence-corrected chi connectivity index (χ4v) is 3.29. The number of esters is 1. The standard InChI is InChI=1S/C17H17N5O2S2/c1-3-24-16(23)13-9-20-17(25-2)22-14(13)19-8-12-10-26-15(21-12)11-5-4-6-18-7-11/h4-7,9-10H,3,8H2,1-2H3,(H,19,20,22). The van der Waals surface area contributed by atoms with Crippen molar-refractivity contribution in [2.75, 3.05) is 18.2 Å². The van der Waals surface area contributed by atoms with Gasteiger partial charge in [-0.3, -0.25) is 4.98 Å². The largest absolute Gasteiger partial charge is 0.462 e. The molecule has 3 heterocycles. The molecule has 0 bridgehead atoms. The number of carbonyl (C=O) groups is 1. The average Bonchev–Trinajstić information content (AvgIpc) is 3.16. The Morgan fingerprint density at radius 1 is 1.35 bits per heavy atom. The molecule has 3 aromatic rings. The van der Waals surface area contributed by atoms with Crippen molar-refractivity contribution in [1.29, 1.82) is 0 Å². The summed E-state index contributed by atoms with van der Waals surface area (Å²) < 4.78 is 5.07. The minimum absolute atomic E-state index is 0.295. The van der Waals surface area contributed by atoms with E-state index in [0.717, 1.165) is 16.3 Å². The monoisotopic (exact) mass is 387 g/mol. The molecule has 0 aromatic carbocycles. The molecule has 9 heteroatoms. The summed E-state index contributed by atoms with van der Waals surface area (Å²) in [5, 5.41) is 6.61. The Labute approximate surface area is 159 Å². The van der Waals surface area contributed by atoms with Gasteiger partial charge in [0, 0.05) is 29.5 Å². The van der Waals surface area contributed by atoms with Crippen molar-refractivity contribution in [2.45, 2.75) is 18.6 Å². The maximum absolute atomic E-state index is 12.1. The average molecular weight is 387 g/mol. The fourth-order valence-electron chi connectivity index (χ4n) is 2.14. The maximum Gasteiger partial charge on any atom is 0.343 e. The molecule has 3 aromatic heterocycles. The van der Waals surface area contributed by atoms with Gasteiger partial charge in [0.05, 0.1) is 18.8 Å². The summed E-state index contributed by atoms with van der Waals surface area (Å²) in [6.07, 6.45) is 6.88. The van der Waals surface area contributed by atoms with Crippen LogP contribution in [-0.2, 0) is 11.3 Å². The third-order valence-electron chi connectivity index (χ3n) is 3.34. The number of aromatic nitrogens is 4. The number of hydrogen-bond donors (Lipinski definition) is 1. The molecule has 26 heavy (non-hydrogen) atoms. The van der Waals surface area contributed by atoms with Gasteiger partial charge in [-0.15, -0.1) is 11.3 Å². The van der Waals surface area contributed by atoms with Gasteiger partial charge in [0.2, 0.25) is 0 Å². The van der Waals surface area contributed by atoms with E-state index in [1.54, 1.807) is 30.7 Å². The van der Waals surface area contributed by atoms with E-state index in [-0.39, 0.29) is 0 Å². The number of carbonyl (C=O) groups excluding carboxylic acids is 1. The van der Waals surface area contributed by atoms with Crippen LogP contribution >= 0.6 is 23.1 Å². The second kappa shape index (κ2) is 8.72. The lowest BCUT2D eigenvalue weighted by Gasteiger charge is -2.10. The Hall–Kier alpha value is -2.52. The lowest BCUT2D eigenvalue weighted by molar-refractivity contribution is 0.0526. The summed E-state index contributed by atoms with van der Waals surface area (Å²) in [5.41, 5.74) is 2.14. The quantitative estimate of drug-likeness (QED) is 0.374. The van der Waals surface area contributed by atoms with Crippen LogP contribution in [0, 0.1) is 0 Å². The Balaban J connectivity index is 1.77. The van der Waals surface area contributed by atoms with Crippen molar-refractivity contribution >= 4 is 34.9 Å². The van der Waals surface area contributed by atoms with Gasteiger partial charge >= 0.3 is 5.97 Å². The third-order valence-corrected chi connectivity index (χ3v) is 4.84. The first-order chi connectivity index (χ1) is 12.7. The van der Waals surface area contributed by atoms with E-state index in [4.69, 9.17) is 4.74 Å². The minimum atomic E-state index is -0.447. The SMILES string of the molecule is CCOC(=O)c1cnc(SC)nc1NCc1csc(-c2cccnc2)n1. The van der Waals surface area contributed by atoms with Crippen molar-refractivity contribution < 1.29 is 9.53 Å². The minimum Gasteiger partial charge on any atom is -0.462 e. The summed E-state index contributed by atoms with van der Waals surface area (Å²) in [4.78, 5) is 29.3. The third kappa shape index (κ3) is 4.36. The number of nitrogens with one attached hydrogen (secondary N) is 1. The molecule has 1 N–H and O–H groups in total. The van der Waals surface area contributed by atoms with Gasteiger partial charge in [-0.25, -0.2) is 19.7 Å². The summed E-state index contributed by atoms with van der Waals surface area (Å²) in [7, 11) is 0. The first kappa shape index (κ1) is 18.3. The van der Waals surface area contributed by atoms with E-state index in [2.05, 4.69) is 25.3 Å². The molecule has 0 unspecified atom stereocenters. The van der Waals surface area contributed by atoms with Crippen molar-refractivity contribution in [3.05, 3.63) is 47.4 Å². The molecule has 0 aliphatic carbocycles. The van der Waals surface area contributed by atoms with Gasteiger partial charge in [-0.05, 0) is 25.3 Å². The second-order valence-corrected chi connectivity index (χ2v) is 6.71. The summed E-state index contributed by atoms with van der Waals surface area (Å²) >= 11 is 2.95. The summed E-state index contributed by atoms with van der Waals surface area (Å²) in [5.74, 6) is -0.00397. The Bertz CT molecular complexity index is 886. The Morgan fingerprint density at radius 2 is 2.23 bits per heavy atom. The van der Waals surface area contributed by atoms with Gasteiger partial charge in [-0.1, -0.05) is 11.8 Å². The maximum atomic E-state index is 12.1. The van der Waals surface area contributed by atoms with Crippen molar-refractivity contribution in [3.63, 3.8) is 0 Å². The van der Waals surface area contributed by atoms with Crippen LogP contribution < -0.4 is 5.32 Å². The summed E-state index contributed by atoms with van der Waals surface area (Å²) in [6, 6.07) is 3.85. The number of rotatable bonds is 7. The topological polar surface area (TPSA) is 89.9 Å². The number of anilines is 1. The van der Waals surface area contributed by atoms with Crippen LogP contribution in [0.3, 0.4) is 0 Å². The van der Waals surface area contributed by atoms with E-state index < -0.39 is 5.97 Å². The molecule has 0 spiro atoms. The van der Waals surface area contributed by atoms with Gasteiger partial charge in [0.1, 0.15) is 16.4 Å². The second-order valence-electron chi connectivity index (χ2n) is 5.08. The molecule has 0 radical (unpaired) electrons. The normalized spacial score (nSPS) is 10.5. The zero-order valence-electron chi connectivity index (χ0n) is 14.3. The van der Waals surface area contributed by atoms with Crippen molar-refractivity contribution in [1.82, 2.24) is 19.9 Å². The lowest BCUT2D eigenvalue weighted by Crippen LogP contribution is -2.12. The predicted molar refractivity (Wildman–Crippen MR) is 102 cm³/mol. The van der Waals surface area contributed by atoms with Crippen LogP contribution in [0.4, 0.5) is 5.82 Å². The molecule has 0 aliphatic rings. The first-order valence-corrected chi connectivity index (χ1v) is 9.98. The van der Waals surface area contributed by atoms with E-state index in [0.29, 0.717) is 29.7 Å². The smallest absolute Gasteiger partial charge is 0.343 e. The zero-order chi connectivity index (χ0) is 18.4. The molecular formula is C17H17N5O2S2. The molecule has 0 saturated carbocycles. The van der Waals surface area contributed by atoms with Crippen LogP contribution in [0.25, 0.3) is 10.6 Å². The van der Waals surface area contributed by atoms with Crippen LogP contribution in [0.1, 0.15) is 23.0 Å². The molecule has 0 saturated heterocycles. The van der Waals surface area contributed by atoms with Crippen LogP contribution in [0.5, 0.6) is 0 Å². The Morgan fingerprint density at radius 3 is 2.96 bits per heavy atom. The summed E-state index contributed by atoms with van der Waals surface area (Å²) in [6.45, 7) is 2.49. The molecule has 0 aliphatic heterocycles. The van der Waals surface area contributed by atoms with E-state index in [1.807, 2.05) is 23.8 Å². The predicted octanol–water partition coefficient (Wildman–Crippen LogP) is 3.51. The van der Waals surface area contributed by atoms with Gasteiger partial charge < -0.3 is 10.1 Å². The highest BCUT2D eigenvalue weighted by Gasteiger charge is 2.16. The van der Waals surface area contributed by atoms with Gasteiger partial charge in [-0.2, -0.15) is 0 Å². The molecule has 7 nitrogen and oxygen atoms in total. The fraction of sp³-hybridized carbons (Fsp3) is 0.235. The number of ether oxygens (including phenoxy) is 1. The lowest BCUT2D eigenvalue weighted by atomic mass is 10.3. The highest BCUT2D eigenvalue weighted by atomic mass is 32.2. The van der Waals surface area contributed by atoms with Crippen molar-refractivity contribution in [3.8, 4) is 10.6 Å².